The van der Waals surface area contributed by atoms with E-state index in [1.165, 1.54) is 25.7 Å². The van der Waals surface area contributed by atoms with E-state index in [1.54, 1.807) is 6.92 Å². The molecular formula is C17H34N2O2. The number of esters is 1. The largest absolute Gasteiger partial charge is 0.465 e. The van der Waals surface area contributed by atoms with Gasteiger partial charge in [0.05, 0.1) is 6.61 Å². The number of nitrogens with two attached hydrogens (primary N) is 1. The first-order chi connectivity index (χ1) is 9.59. The lowest BCUT2D eigenvalue weighted by Gasteiger charge is -2.42. The molecule has 1 rings (SSSR count). The molecule has 21 heavy (non-hydrogen) atoms. The van der Waals surface area contributed by atoms with E-state index in [4.69, 9.17) is 10.5 Å². The van der Waals surface area contributed by atoms with Gasteiger partial charge in [-0.05, 0) is 65.3 Å². The number of carbonyl (C=O) groups excluding carboxylic acids is 1. The maximum Gasteiger partial charge on any atom is 0.325 e. The Morgan fingerprint density at radius 2 is 1.95 bits per heavy atom. The molecule has 1 fully saturated rings. The molecule has 0 aromatic carbocycles. The van der Waals surface area contributed by atoms with Crippen LogP contribution in [-0.2, 0) is 9.53 Å². The Balaban J connectivity index is 2.55. The highest BCUT2D eigenvalue weighted by molar-refractivity contribution is 5.80. The van der Waals surface area contributed by atoms with Gasteiger partial charge in [-0.25, -0.2) is 0 Å². The molecule has 0 aliphatic heterocycles. The highest BCUT2D eigenvalue weighted by Crippen LogP contribution is 2.37. The third-order valence-electron chi connectivity index (χ3n) is 5.04. The average molecular weight is 298 g/mol. The maximum atomic E-state index is 11.9. The molecule has 1 aliphatic carbocycles. The van der Waals surface area contributed by atoms with Gasteiger partial charge in [0.2, 0.25) is 0 Å². The van der Waals surface area contributed by atoms with Crippen LogP contribution in [0.1, 0.15) is 66.7 Å². The van der Waals surface area contributed by atoms with E-state index in [1.807, 2.05) is 6.92 Å². The van der Waals surface area contributed by atoms with Gasteiger partial charge in [-0.2, -0.15) is 0 Å². The van der Waals surface area contributed by atoms with Crippen LogP contribution in [0.2, 0.25) is 0 Å². The fraction of sp³-hybridized carbons (Fsp3) is 0.941. The van der Waals surface area contributed by atoms with Crippen molar-refractivity contribution in [2.24, 2.45) is 11.1 Å². The Labute approximate surface area is 130 Å². The van der Waals surface area contributed by atoms with Crippen LogP contribution in [0.15, 0.2) is 0 Å². The van der Waals surface area contributed by atoms with Crippen molar-refractivity contribution in [3.05, 3.63) is 0 Å². The Morgan fingerprint density at radius 3 is 2.43 bits per heavy atom. The van der Waals surface area contributed by atoms with Gasteiger partial charge in [-0.3, -0.25) is 4.79 Å². The van der Waals surface area contributed by atoms with Gasteiger partial charge in [0, 0.05) is 12.1 Å². The molecule has 0 amide bonds. The summed E-state index contributed by atoms with van der Waals surface area (Å²) in [6.45, 7) is 10.8. The second-order valence-electron chi connectivity index (χ2n) is 7.75. The van der Waals surface area contributed by atoms with Crippen LogP contribution in [0, 0.1) is 5.41 Å². The average Bonchev–Trinajstić information content (AvgIpc) is 2.37. The van der Waals surface area contributed by atoms with Gasteiger partial charge in [0.25, 0.3) is 0 Å². The fourth-order valence-electron chi connectivity index (χ4n) is 3.29. The molecule has 0 heterocycles. The summed E-state index contributed by atoms with van der Waals surface area (Å²) in [6.07, 6.45) is 5.63. The first kappa shape index (κ1) is 18.4. The zero-order valence-corrected chi connectivity index (χ0v) is 14.7. The summed E-state index contributed by atoms with van der Waals surface area (Å²) in [7, 11) is 2.16. The Morgan fingerprint density at radius 1 is 1.43 bits per heavy atom. The standard InChI is InChI=1S/C17H34N2O2/c1-7-21-15(20)17(5,18)12-13(2)19(6)14-8-10-16(3,4)11-9-14/h13-14H,7-12,18H2,1-6H3. The minimum Gasteiger partial charge on any atom is -0.465 e. The zero-order chi connectivity index (χ0) is 16.3. The molecule has 2 unspecified atom stereocenters. The van der Waals surface area contributed by atoms with Gasteiger partial charge in [0.15, 0.2) is 0 Å². The molecule has 0 radical (unpaired) electrons. The molecule has 0 aromatic heterocycles. The monoisotopic (exact) mass is 298 g/mol. The van der Waals surface area contributed by atoms with Crippen LogP contribution in [0.3, 0.4) is 0 Å². The molecule has 2 N–H and O–H groups in total. The van der Waals surface area contributed by atoms with Gasteiger partial charge in [0.1, 0.15) is 5.54 Å². The molecule has 0 spiro atoms. The molecule has 4 heteroatoms. The lowest BCUT2D eigenvalue weighted by atomic mass is 9.75. The van der Waals surface area contributed by atoms with Crippen LogP contribution in [-0.4, -0.2) is 42.1 Å². The summed E-state index contributed by atoms with van der Waals surface area (Å²) in [6, 6.07) is 0.877. The first-order valence-electron chi connectivity index (χ1n) is 8.27. The van der Waals surface area contributed by atoms with Crippen LogP contribution >= 0.6 is 0 Å². The topological polar surface area (TPSA) is 55.6 Å². The van der Waals surface area contributed by atoms with Crippen molar-refractivity contribution < 1.29 is 9.53 Å². The van der Waals surface area contributed by atoms with Crippen LogP contribution < -0.4 is 5.73 Å². The predicted molar refractivity (Wildman–Crippen MR) is 87.1 cm³/mol. The van der Waals surface area contributed by atoms with Crippen molar-refractivity contribution in [2.45, 2.75) is 84.3 Å². The highest BCUT2D eigenvalue weighted by Gasteiger charge is 2.35. The van der Waals surface area contributed by atoms with Crippen molar-refractivity contribution >= 4 is 5.97 Å². The lowest BCUT2D eigenvalue weighted by molar-refractivity contribution is -0.149. The van der Waals surface area contributed by atoms with Gasteiger partial charge >= 0.3 is 5.97 Å². The summed E-state index contributed by atoms with van der Waals surface area (Å²) >= 11 is 0. The highest BCUT2D eigenvalue weighted by atomic mass is 16.5. The van der Waals surface area contributed by atoms with E-state index in [2.05, 4.69) is 32.7 Å². The lowest BCUT2D eigenvalue weighted by Crippen LogP contribution is -2.52. The zero-order valence-electron chi connectivity index (χ0n) is 14.7. The van der Waals surface area contributed by atoms with Gasteiger partial charge in [-0.15, -0.1) is 0 Å². The molecule has 0 aromatic rings. The molecule has 2 atom stereocenters. The van der Waals surface area contributed by atoms with Crippen LogP contribution in [0.25, 0.3) is 0 Å². The Bertz CT molecular complexity index is 343. The minimum atomic E-state index is -0.905. The number of ether oxygens (including phenoxy) is 1. The SMILES string of the molecule is CCOC(=O)C(C)(N)CC(C)N(C)C1CCC(C)(C)CC1. The number of rotatable bonds is 6. The number of hydrogen-bond donors (Lipinski definition) is 1. The first-order valence-corrected chi connectivity index (χ1v) is 8.27. The van der Waals surface area contributed by atoms with Crippen molar-refractivity contribution in [2.75, 3.05) is 13.7 Å². The van der Waals surface area contributed by atoms with Gasteiger partial charge in [-0.1, -0.05) is 13.8 Å². The van der Waals surface area contributed by atoms with E-state index in [0.29, 0.717) is 24.5 Å². The summed E-state index contributed by atoms with van der Waals surface area (Å²) in [5, 5.41) is 0. The molecular weight excluding hydrogens is 264 g/mol. The maximum absolute atomic E-state index is 11.9. The molecule has 1 aliphatic rings. The van der Waals surface area contributed by atoms with E-state index in [-0.39, 0.29) is 12.0 Å². The molecule has 0 saturated heterocycles. The van der Waals surface area contributed by atoms with Crippen molar-refractivity contribution in [3.8, 4) is 0 Å². The second kappa shape index (κ2) is 7.10. The smallest absolute Gasteiger partial charge is 0.325 e. The third-order valence-corrected chi connectivity index (χ3v) is 5.04. The number of hydrogen-bond acceptors (Lipinski definition) is 4. The van der Waals surface area contributed by atoms with Crippen LogP contribution in [0.4, 0.5) is 0 Å². The summed E-state index contributed by atoms with van der Waals surface area (Å²) in [4.78, 5) is 14.3. The van der Waals surface area contributed by atoms with Crippen molar-refractivity contribution in [3.63, 3.8) is 0 Å². The predicted octanol–water partition coefficient (Wildman–Crippen LogP) is 2.95. The van der Waals surface area contributed by atoms with Crippen molar-refractivity contribution in [1.29, 1.82) is 0 Å². The molecule has 4 nitrogen and oxygen atoms in total. The van der Waals surface area contributed by atoms with Gasteiger partial charge < -0.3 is 15.4 Å². The third kappa shape index (κ3) is 5.26. The quantitative estimate of drug-likeness (QED) is 0.766. The van der Waals surface area contributed by atoms with E-state index in [0.717, 1.165) is 0 Å². The Kier molecular flexibility index (Phi) is 6.23. The molecule has 0 bridgehead atoms. The Hall–Kier alpha value is -0.610. The van der Waals surface area contributed by atoms with E-state index >= 15 is 0 Å². The normalized spacial score (nSPS) is 23.6. The van der Waals surface area contributed by atoms with E-state index < -0.39 is 5.54 Å². The summed E-state index contributed by atoms with van der Waals surface area (Å²) in [5.41, 5.74) is 5.73. The number of nitrogens with zero attached hydrogens (tertiary/aromatic N) is 1. The fourth-order valence-corrected chi connectivity index (χ4v) is 3.29. The molecule has 1 saturated carbocycles. The van der Waals surface area contributed by atoms with E-state index in [9.17, 15) is 4.79 Å². The molecule has 124 valence electrons. The summed E-state index contributed by atoms with van der Waals surface area (Å²) in [5.74, 6) is -0.296. The number of carbonyl (C=O) groups is 1. The van der Waals surface area contributed by atoms with Crippen LogP contribution in [0.5, 0.6) is 0 Å². The second-order valence-corrected chi connectivity index (χ2v) is 7.75. The minimum absolute atomic E-state index is 0.274. The summed E-state index contributed by atoms with van der Waals surface area (Å²) < 4.78 is 5.08. The van der Waals surface area contributed by atoms with Crippen molar-refractivity contribution in [1.82, 2.24) is 4.90 Å².